The number of amides is 1. The molecule has 6 heteroatoms. The summed E-state index contributed by atoms with van der Waals surface area (Å²) in [7, 11) is 0. The van der Waals surface area contributed by atoms with Crippen LogP contribution in [-0.4, -0.2) is 24.3 Å². The Hall–Kier alpha value is -2.53. The molecule has 138 valence electrons. The predicted molar refractivity (Wildman–Crippen MR) is 104 cm³/mol. The SMILES string of the molecule is CC(C)Oc1ccc(/C=N\NC(=O)c2ccccc2Cl)c(OC(C)C)c1. The molecule has 0 saturated heterocycles. The topological polar surface area (TPSA) is 59.9 Å². The first-order chi connectivity index (χ1) is 12.4. The van der Waals surface area contributed by atoms with Gasteiger partial charge in [0.05, 0.1) is 29.0 Å². The number of ether oxygens (including phenoxy) is 2. The van der Waals surface area contributed by atoms with Crippen LogP contribution in [0.25, 0.3) is 0 Å². The maximum absolute atomic E-state index is 12.1. The Labute approximate surface area is 159 Å². The number of hydrogen-bond donors (Lipinski definition) is 1. The molecule has 2 aromatic carbocycles. The number of carbonyl (C=O) groups is 1. The molecule has 0 aliphatic heterocycles. The summed E-state index contributed by atoms with van der Waals surface area (Å²) >= 11 is 6.01. The van der Waals surface area contributed by atoms with E-state index in [1.165, 1.54) is 6.21 Å². The van der Waals surface area contributed by atoms with Crippen LogP contribution in [-0.2, 0) is 0 Å². The van der Waals surface area contributed by atoms with Gasteiger partial charge in [-0.3, -0.25) is 4.79 Å². The zero-order chi connectivity index (χ0) is 19.1. The van der Waals surface area contributed by atoms with E-state index in [4.69, 9.17) is 21.1 Å². The van der Waals surface area contributed by atoms with E-state index in [2.05, 4.69) is 10.5 Å². The van der Waals surface area contributed by atoms with Gasteiger partial charge in [0.1, 0.15) is 11.5 Å². The first kappa shape index (κ1) is 19.8. The van der Waals surface area contributed by atoms with Gasteiger partial charge >= 0.3 is 0 Å². The minimum Gasteiger partial charge on any atom is -0.491 e. The third-order valence-corrected chi connectivity index (χ3v) is 3.54. The van der Waals surface area contributed by atoms with E-state index >= 15 is 0 Å². The van der Waals surface area contributed by atoms with Crippen LogP contribution < -0.4 is 14.9 Å². The fraction of sp³-hybridized carbons (Fsp3) is 0.300. The highest BCUT2D eigenvalue weighted by atomic mass is 35.5. The fourth-order valence-electron chi connectivity index (χ4n) is 2.19. The number of hydrogen-bond acceptors (Lipinski definition) is 4. The molecule has 0 heterocycles. The summed E-state index contributed by atoms with van der Waals surface area (Å²) in [6, 6.07) is 12.3. The van der Waals surface area contributed by atoms with E-state index in [9.17, 15) is 4.79 Å². The van der Waals surface area contributed by atoms with Gasteiger partial charge in [0.2, 0.25) is 0 Å². The Balaban J connectivity index is 2.15. The van der Waals surface area contributed by atoms with Crippen LogP contribution in [0.4, 0.5) is 0 Å². The molecule has 0 bridgehead atoms. The van der Waals surface area contributed by atoms with Gasteiger partial charge < -0.3 is 9.47 Å². The normalized spacial score (nSPS) is 11.2. The minimum atomic E-state index is -0.377. The Morgan fingerprint density at radius 3 is 2.42 bits per heavy atom. The molecular formula is C20H23ClN2O3. The van der Waals surface area contributed by atoms with Gasteiger partial charge in [-0.1, -0.05) is 23.7 Å². The van der Waals surface area contributed by atoms with Crippen molar-refractivity contribution in [3.8, 4) is 11.5 Å². The first-order valence-corrected chi connectivity index (χ1v) is 8.80. The van der Waals surface area contributed by atoms with Crippen LogP contribution in [0.15, 0.2) is 47.6 Å². The Morgan fingerprint density at radius 1 is 1.08 bits per heavy atom. The molecule has 2 rings (SSSR count). The molecule has 5 nitrogen and oxygen atoms in total. The second kappa shape index (κ2) is 9.25. The molecule has 0 unspecified atom stereocenters. The lowest BCUT2D eigenvalue weighted by molar-refractivity contribution is 0.0955. The number of halogens is 1. The standard InChI is InChI=1S/C20H23ClN2O3/c1-13(2)25-16-10-9-15(19(11-16)26-14(3)4)12-22-23-20(24)17-7-5-6-8-18(17)21/h5-14H,1-4H3,(H,23,24)/b22-12-. The van der Waals surface area contributed by atoms with Crippen molar-refractivity contribution in [2.24, 2.45) is 5.10 Å². The number of benzene rings is 2. The first-order valence-electron chi connectivity index (χ1n) is 8.42. The van der Waals surface area contributed by atoms with Crippen LogP contribution in [0, 0.1) is 0 Å². The van der Waals surface area contributed by atoms with Crippen molar-refractivity contribution in [2.45, 2.75) is 39.9 Å². The second-order valence-corrected chi connectivity index (χ2v) is 6.62. The molecule has 0 fully saturated rings. The van der Waals surface area contributed by atoms with Crippen molar-refractivity contribution in [2.75, 3.05) is 0 Å². The molecule has 1 N–H and O–H groups in total. The molecule has 0 spiro atoms. The smallest absolute Gasteiger partial charge is 0.272 e. The summed E-state index contributed by atoms with van der Waals surface area (Å²) in [5.74, 6) is 0.972. The molecule has 0 aliphatic carbocycles. The lowest BCUT2D eigenvalue weighted by atomic mass is 10.2. The third kappa shape index (κ3) is 5.77. The number of carbonyl (C=O) groups excluding carboxylic acids is 1. The van der Waals surface area contributed by atoms with Crippen LogP contribution in [0.5, 0.6) is 11.5 Å². The van der Waals surface area contributed by atoms with E-state index in [-0.39, 0.29) is 18.1 Å². The molecule has 0 saturated carbocycles. The average molecular weight is 375 g/mol. The molecule has 0 aliphatic rings. The highest BCUT2D eigenvalue weighted by molar-refractivity contribution is 6.33. The summed E-state index contributed by atoms with van der Waals surface area (Å²) in [5.41, 5.74) is 3.57. The lowest BCUT2D eigenvalue weighted by Crippen LogP contribution is -2.18. The maximum Gasteiger partial charge on any atom is 0.272 e. The zero-order valence-corrected chi connectivity index (χ0v) is 16.1. The molecular weight excluding hydrogens is 352 g/mol. The number of nitrogens with zero attached hydrogens (tertiary/aromatic N) is 1. The largest absolute Gasteiger partial charge is 0.491 e. The minimum absolute atomic E-state index is 0.00540. The third-order valence-electron chi connectivity index (χ3n) is 3.21. The summed E-state index contributed by atoms with van der Waals surface area (Å²) in [6.45, 7) is 7.80. The van der Waals surface area contributed by atoms with Gasteiger partial charge in [-0.05, 0) is 52.0 Å². The Morgan fingerprint density at radius 2 is 1.77 bits per heavy atom. The summed E-state index contributed by atoms with van der Waals surface area (Å²) < 4.78 is 11.5. The van der Waals surface area contributed by atoms with Crippen molar-refractivity contribution in [3.05, 3.63) is 58.6 Å². The summed E-state index contributed by atoms with van der Waals surface area (Å²) in [4.78, 5) is 12.1. The molecule has 0 aromatic heterocycles. The van der Waals surface area contributed by atoms with Crippen molar-refractivity contribution in [1.29, 1.82) is 0 Å². The summed E-state index contributed by atoms with van der Waals surface area (Å²) in [5, 5.41) is 4.39. The highest BCUT2D eigenvalue weighted by Crippen LogP contribution is 2.25. The van der Waals surface area contributed by atoms with E-state index in [1.54, 1.807) is 24.3 Å². The van der Waals surface area contributed by atoms with Crippen LogP contribution in [0.1, 0.15) is 43.6 Å². The van der Waals surface area contributed by atoms with Crippen LogP contribution >= 0.6 is 11.6 Å². The Kier molecular flexibility index (Phi) is 7.04. The average Bonchev–Trinajstić information content (AvgIpc) is 2.56. The second-order valence-electron chi connectivity index (χ2n) is 6.21. The number of nitrogens with one attached hydrogen (secondary N) is 1. The van der Waals surface area contributed by atoms with Gasteiger partial charge in [0, 0.05) is 11.6 Å². The van der Waals surface area contributed by atoms with Crippen molar-refractivity contribution >= 4 is 23.7 Å². The molecule has 1 amide bonds. The number of rotatable bonds is 7. The molecule has 26 heavy (non-hydrogen) atoms. The van der Waals surface area contributed by atoms with Crippen molar-refractivity contribution in [3.63, 3.8) is 0 Å². The summed E-state index contributed by atoms with van der Waals surface area (Å²) in [6.07, 6.45) is 1.59. The molecule has 0 atom stereocenters. The van der Waals surface area contributed by atoms with Gasteiger partial charge in [-0.25, -0.2) is 5.43 Å². The van der Waals surface area contributed by atoms with E-state index < -0.39 is 0 Å². The highest BCUT2D eigenvalue weighted by Gasteiger charge is 2.10. The molecule has 0 radical (unpaired) electrons. The monoisotopic (exact) mass is 374 g/mol. The predicted octanol–water partition coefficient (Wildman–Crippen LogP) is 4.68. The van der Waals surface area contributed by atoms with Crippen LogP contribution in [0.2, 0.25) is 5.02 Å². The maximum atomic E-state index is 12.1. The van der Waals surface area contributed by atoms with Crippen molar-refractivity contribution < 1.29 is 14.3 Å². The van der Waals surface area contributed by atoms with Crippen molar-refractivity contribution in [1.82, 2.24) is 5.43 Å². The fourth-order valence-corrected chi connectivity index (χ4v) is 2.41. The molecule has 2 aromatic rings. The van der Waals surface area contributed by atoms with E-state index in [1.807, 2.05) is 45.9 Å². The zero-order valence-electron chi connectivity index (χ0n) is 15.3. The number of hydrazone groups is 1. The van der Waals surface area contributed by atoms with Gasteiger partial charge in [-0.15, -0.1) is 0 Å². The van der Waals surface area contributed by atoms with Gasteiger partial charge in [0.25, 0.3) is 5.91 Å². The Bertz CT molecular complexity index is 788. The quantitative estimate of drug-likeness (QED) is 0.565. The van der Waals surface area contributed by atoms with E-state index in [0.29, 0.717) is 22.1 Å². The van der Waals surface area contributed by atoms with E-state index in [0.717, 1.165) is 5.56 Å². The lowest BCUT2D eigenvalue weighted by Gasteiger charge is -2.15. The van der Waals surface area contributed by atoms with Crippen LogP contribution in [0.3, 0.4) is 0 Å². The van der Waals surface area contributed by atoms with Gasteiger partial charge in [-0.2, -0.15) is 5.10 Å². The van der Waals surface area contributed by atoms with Gasteiger partial charge in [0.15, 0.2) is 0 Å².